The van der Waals surface area contributed by atoms with E-state index in [0.29, 0.717) is 30.9 Å². The summed E-state index contributed by atoms with van der Waals surface area (Å²) in [4.78, 5) is 30.9. The van der Waals surface area contributed by atoms with Crippen LogP contribution in [0.3, 0.4) is 0 Å². The van der Waals surface area contributed by atoms with Gasteiger partial charge in [0.15, 0.2) is 0 Å². The number of carbonyl (C=O) groups excluding carboxylic acids is 2. The number of hydrogen-bond donors (Lipinski definition) is 2. The summed E-state index contributed by atoms with van der Waals surface area (Å²) in [7, 11) is 0. The summed E-state index contributed by atoms with van der Waals surface area (Å²) in [5.74, 6) is -0.129. The molecule has 1 aliphatic rings. The molecule has 148 valence electrons. The Morgan fingerprint density at radius 3 is 2.82 bits per heavy atom. The standard InChI is InChI=1S/C22H28N4O2/c1-4-7-21(27)26-11-10-17-14-24-20(12-18(17)15-26)22(28)25-19(5-2)9-6-8-16(3)13-23/h5-6,8-9,12-14,23H,4,7,10-11,15H2,1-3H3,(H,25,28)/b9-6-,16-8+,19-5-,23-13?. The van der Waals surface area contributed by atoms with E-state index < -0.39 is 0 Å². The molecule has 0 atom stereocenters. The van der Waals surface area contributed by atoms with Crippen molar-refractivity contribution in [1.29, 1.82) is 5.41 Å². The van der Waals surface area contributed by atoms with Gasteiger partial charge in [-0.15, -0.1) is 0 Å². The molecule has 0 saturated heterocycles. The van der Waals surface area contributed by atoms with Gasteiger partial charge in [0.05, 0.1) is 0 Å². The Morgan fingerprint density at radius 2 is 2.14 bits per heavy atom. The van der Waals surface area contributed by atoms with E-state index in [9.17, 15) is 9.59 Å². The van der Waals surface area contributed by atoms with Crippen molar-refractivity contribution < 1.29 is 9.59 Å². The molecule has 1 aliphatic heterocycles. The zero-order valence-corrected chi connectivity index (χ0v) is 16.8. The molecule has 0 aliphatic carbocycles. The molecule has 1 aromatic rings. The number of fused-ring (bicyclic) bond motifs is 1. The number of carbonyl (C=O) groups is 2. The number of allylic oxidation sites excluding steroid dienone is 5. The number of nitrogens with one attached hydrogen (secondary N) is 2. The summed E-state index contributed by atoms with van der Waals surface area (Å²) in [6, 6.07) is 1.78. The van der Waals surface area contributed by atoms with Gasteiger partial charge in [-0.1, -0.05) is 25.2 Å². The highest BCUT2D eigenvalue weighted by Gasteiger charge is 2.21. The second-order valence-electron chi connectivity index (χ2n) is 6.77. The molecule has 2 rings (SSSR count). The molecule has 0 radical (unpaired) electrons. The summed E-state index contributed by atoms with van der Waals surface area (Å²) in [6.07, 6.45) is 12.3. The lowest BCUT2D eigenvalue weighted by molar-refractivity contribution is -0.132. The molecule has 2 heterocycles. The van der Waals surface area contributed by atoms with Gasteiger partial charge in [-0.3, -0.25) is 14.6 Å². The fourth-order valence-corrected chi connectivity index (χ4v) is 2.90. The van der Waals surface area contributed by atoms with Crippen LogP contribution in [0.15, 0.2) is 47.8 Å². The largest absolute Gasteiger partial charge is 0.338 e. The molecular formula is C22H28N4O2. The molecule has 28 heavy (non-hydrogen) atoms. The van der Waals surface area contributed by atoms with Crippen LogP contribution in [0, 0.1) is 5.41 Å². The first-order valence-electron chi connectivity index (χ1n) is 9.57. The molecule has 0 saturated carbocycles. The van der Waals surface area contributed by atoms with Crippen LogP contribution >= 0.6 is 0 Å². The lowest BCUT2D eigenvalue weighted by atomic mass is 10.0. The van der Waals surface area contributed by atoms with Gasteiger partial charge in [0.2, 0.25) is 5.91 Å². The van der Waals surface area contributed by atoms with E-state index >= 15 is 0 Å². The SMILES string of the molecule is C/C=C(/C=C\C=C(/C)C=N)NC(=O)c1cc2c(cn1)CCN(C(=O)CCC)C2. The molecule has 2 amide bonds. The topological polar surface area (TPSA) is 86.2 Å². The zero-order chi connectivity index (χ0) is 20.5. The lowest BCUT2D eigenvalue weighted by Crippen LogP contribution is -2.36. The van der Waals surface area contributed by atoms with Gasteiger partial charge in [0, 0.05) is 37.6 Å². The number of amides is 2. The second-order valence-corrected chi connectivity index (χ2v) is 6.77. The Kier molecular flexibility index (Phi) is 7.87. The predicted molar refractivity (Wildman–Crippen MR) is 111 cm³/mol. The van der Waals surface area contributed by atoms with E-state index in [1.807, 2.05) is 25.7 Å². The van der Waals surface area contributed by atoms with Crippen molar-refractivity contribution in [3.05, 3.63) is 64.7 Å². The van der Waals surface area contributed by atoms with Gasteiger partial charge < -0.3 is 15.6 Å². The van der Waals surface area contributed by atoms with Crippen LogP contribution in [-0.4, -0.2) is 34.5 Å². The molecule has 2 N–H and O–H groups in total. The highest BCUT2D eigenvalue weighted by molar-refractivity contribution is 5.94. The number of aromatic nitrogens is 1. The molecule has 1 aromatic heterocycles. The quantitative estimate of drug-likeness (QED) is 0.560. The molecule has 0 bridgehead atoms. The van der Waals surface area contributed by atoms with Crippen LogP contribution in [0.5, 0.6) is 0 Å². The first kappa shape index (κ1) is 21.3. The van der Waals surface area contributed by atoms with E-state index in [0.717, 1.165) is 29.5 Å². The van der Waals surface area contributed by atoms with Gasteiger partial charge in [-0.2, -0.15) is 0 Å². The number of pyridine rings is 1. The lowest BCUT2D eigenvalue weighted by Gasteiger charge is -2.29. The molecule has 0 unspecified atom stereocenters. The zero-order valence-electron chi connectivity index (χ0n) is 16.8. The van der Waals surface area contributed by atoms with Crippen LogP contribution in [0.1, 0.15) is 55.2 Å². The monoisotopic (exact) mass is 380 g/mol. The van der Waals surface area contributed by atoms with Crippen molar-refractivity contribution in [1.82, 2.24) is 15.2 Å². The van der Waals surface area contributed by atoms with Crippen LogP contribution in [-0.2, 0) is 17.8 Å². The number of nitrogens with zero attached hydrogens (tertiary/aromatic N) is 2. The summed E-state index contributed by atoms with van der Waals surface area (Å²) in [6.45, 7) is 6.90. The minimum Gasteiger partial charge on any atom is -0.338 e. The third-order valence-electron chi connectivity index (χ3n) is 4.58. The van der Waals surface area contributed by atoms with Crippen molar-refractivity contribution in [2.45, 2.75) is 46.6 Å². The number of rotatable bonds is 7. The van der Waals surface area contributed by atoms with Gasteiger partial charge in [-0.05, 0) is 55.5 Å². The Labute approximate surface area is 166 Å². The molecule has 0 fully saturated rings. The normalized spacial score (nSPS) is 14.8. The van der Waals surface area contributed by atoms with E-state index in [4.69, 9.17) is 5.41 Å². The van der Waals surface area contributed by atoms with E-state index in [-0.39, 0.29) is 11.8 Å². The third-order valence-corrected chi connectivity index (χ3v) is 4.58. The van der Waals surface area contributed by atoms with Crippen molar-refractivity contribution in [2.75, 3.05) is 6.54 Å². The van der Waals surface area contributed by atoms with Gasteiger partial charge in [-0.25, -0.2) is 0 Å². The Hall–Kier alpha value is -3.02. The third kappa shape index (κ3) is 5.74. The maximum Gasteiger partial charge on any atom is 0.274 e. The van der Waals surface area contributed by atoms with E-state index in [2.05, 4.69) is 10.3 Å². The molecular weight excluding hydrogens is 352 g/mol. The molecule has 6 heteroatoms. The van der Waals surface area contributed by atoms with Gasteiger partial charge in [0.1, 0.15) is 5.69 Å². The van der Waals surface area contributed by atoms with Crippen molar-refractivity contribution in [3.8, 4) is 0 Å². The fourth-order valence-electron chi connectivity index (χ4n) is 2.90. The molecule has 0 aromatic carbocycles. The Bertz CT molecular complexity index is 837. The molecule has 0 spiro atoms. The van der Waals surface area contributed by atoms with Crippen molar-refractivity contribution in [3.63, 3.8) is 0 Å². The van der Waals surface area contributed by atoms with Gasteiger partial charge >= 0.3 is 0 Å². The van der Waals surface area contributed by atoms with Gasteiger partial charge in [0.25, 0.3) is 5.91 Å². The summed E-state index contributed by atoms with van der Waals surface area (Å²) in [5, 5.41) is 10.0. The van der Waals surface area contributed by atoms with Crippen LogP contribution in [0.4, 0.5) is 0 Å². The summed E-state index contributed by atoms with van der Waals surface area (Å²) >= 11 is 0. The number of hydrogen-bond acceptors (Lipinski definition) is 4. The van der Waals surface area contributed by atoms with Crippen molar-refractivity contribution >= 4 is 18.0 Å². The maximum absolute atomic E-state index is 12.6. The highest BCUT2D eigenvalue weighted by atomic mass is 16.2. The van der Waals surface area contributed by atoms with Crippen LogP contribution in [0.2, 0.25) is 0 Å². The smallest absolute Gasteiger partial charge is 0.274 e. The minimum absolute atomic E-state index is 0.158. The predicted octanol–water partition coefficient (Wildman–Crippen LogP) is 3.55. The summed E-state index contributed by atoms with van der Waals surface area (Å²) in [5.41, 5.74) is 3.88. The van der Waals surface area contributed by atoms with E-state index in [1.54, 1.807) is 36.6 Å². The maximum atomic E-state index is 12.6. The van der Waals surface area contributed by atoms with E-state index in [1.165, 1.54) is 6.21 Å². The average Bonchev–Trinajstić information content (AvgIpc) is 2.71. The first-order valence-corrected chi connectivity index (χ1v) is 9.57. The highest BCUT2D eigenvalue weighted by Crippen LogP contribution is 2.20. The minimum atomic E-state index is -0.287. The summed E-state index contributed by atoms with van der Waals surface area (Å²) < 4.78 is 0. The van der Waals surface area contributed by atoms with Crippen molar-refractivity contribution in [2.24, 2.45) is 0 Å². The first-order chi connectivity index (χ1) is 13.5. The second kappa shape index (κ2) is 10.3. The van der Waals surface area contributed by atoms with Crippen LogP contribution < -0.4 is 5.32 Å². The molecule has 6 nitrogen and oxygen atoms in total. The average molecular weight is 380 g/mol. The Morgan fingerprint density at radius 1 is 1.36 bits per heavy atom. The van der Waals surface area contributed by atoms with Crippen LogP contribution in [0.25, 0.3) is 0 Å². The fraction of sp³-hybridized carbons (Fsp3) is 0.364. The Balaban J connectivity index is 2.09.